The van der Waals surface area contributed by atoms with E-state index in [2.05, 4.69) is 34.1 Å². The highest BCUT2D eigenvalue weighted by Crippen LogP contribution is 2.21. The Morgan fingerprint density at radius 1 is 1.12 bits per heavy atom. The molecule has 0 spiro atoms. The van der Waals surface area contributed by atoms with Gasteiger partial charge in [-0.05, 0) is 48.6 Å². The molecule has 1 aromatic carbocycles. The predicted octanol–water partition coefficient (Wildman–Crippen LogP) is 3.96. The van der Waals surface area contributed by atoms with E-state index in [1.165, 1.54) is 30.5 Å². The van der Waals surface area contributed by atoms with Gasteiger partial charge < -0.3 is 9.80 Å². The lowest BCUT2D eigenvalue weighted by Gasteiger charge is -2.29. The first kappa shape index (κ1) is 18.8. The molecule has 2 heterocycles. The van der Waals surface area contributed by atoms with Crippen molar-refractivity contribution in [2.45, 2.75) is 31.6 Å². The van der Waals surface area contributed by atoms with Crippen LogP contribution in [0.2, 0.25) is 0 Å². The lowest BCUT2D eigenvalue weighted by atomic mass is 10.1. The summed E-state index contributed by atoms with van der Waals surface area (Å²) in [6.07, 6.45) is 7.54. The van der Waals surface area contributed by atoms with Crippen LogP contribution >= 0.6 is 11.8 Å². The van der Waals surface area contributed by atoms with E-state index >= 15 is 0 Å². The number of hydrogen-bond acceptors (Lipinski definition) is 4. The number of benzene rings is 1. The zero-order chi connectivity index (χ0) is 18.2. The lowest BCUT2D eigenvalue weighted by Crippen LogP contribution is -2.29. The summed E-state index contributed by atoms with van der Waals surface area (Å²) in [5.74, 6) is 1.48. The maximum atomic E-state index is 12.3. The zero-order valence-electron chi connectivity index (χ0n) is 15.4. The molecule has 3 rings (SSSR count). The highest BCUT2D eigenvalue weighted by atomic mass is 32.2. The van der Waals surface area contributed by atoms with Crippen molar-refractivity contribution in [2.75, 3.05) is 30.8 Å². The van der Waals surface area contributed by atoms with Gasteiger partial charge >= 0.3 is 0 Å². The summed E-state index contributed by atoms with van der Waals surface area (Å²) in [6, 6.07) is 12.6. The van der Waals surface area contributed by atoms with Crippen LogP contribution in [-0.2, 0) is 17.1 Å². The second kappa shape index (κ2) is 9.62. The fourth-order valence-electron chi connectivity index (χ4n) is 3.18. The first-order valence-corrected chi connectivity index (χ1v) is 10.4. The highest BCUT2D eigenvalue weighted by molar-refractivity contribution is 7.99. The molecule has 1 aliphatic heterocycles. The zero-order valence-corrected chi connectivity index (χ0v) is 16.3. The molecule has 0 atom stereocenters. The van der Waals surface area contributed by atoms with Crippen molar-refractivity contribution in [3.63, 3.8) is 0 Å². The molecule has 4 nitrogen and oxygen atoms in total. The van der Waals surface area contributed by atoms with Crippen LogP contribution in [0.1, 0.15) is 30.4 Å². The summed E-state index contributed by atoms with van der Waals surface area (Å²) >= 11 is 1.64. The molecule has 5 heteroatoms. The third kappa shape index (κ3) is 5.49. The number of carbonyl (C=O) groups is 1. The normalized spacial score (nSPS) is 14.3. The summed E-state index contributed by atoms with van der Waals surface area (Å²) in [5.41, 5.74) is 3.63. The average Bonchev–Trinajstić information content (AvgIpc) is 2.70. The van der Waals surface area contributed by atoms with Crippen LogP contribution in [0.15, 0.2) is 48.8 Å². The van der Waals surface area contributed by atoms with Gasteiger partial charge in [-0.1, -0.05) is 18.2 Å². The van der Waals surface area contributed by atoms with Gasteiger partial charge in [0.2, 0.25) is 5.91 Å². The topological polar surface area (TPSA) is 36.4 Å². The predicted molar refractivity (Wildman–Crippen MR) is 109 cm³/mol. The van der Waals surface area contributed by atoms with Crippen LogP contribution in [0.3, 0.4) is 0 Å². The molecule has 2 aromatic rings. The van der Waals surface area contributed by atoms with Crippen molar-refractivity contribution >= 4 is 23.4 Å². The molecule has 1 saturated heterocycles. The fraction of sp³-hybridized carbons (Fsp3) is 0.429. The van der Waals surface area contributed by atoms with Gasteiger partial charge in [0.15, 0.2) is 0 Å². The molecule has 0 saturated carbocycles. The number of nitrogens with zero attached hydrogens (tertiary/aromatic N) is 3. The van der Waals surface area contributed by atoms with Crippen LogP contribution in [0.25, 0.3) is 0 Å². The molecule has 1 fully saturated rings. The minimum atomic E-state index is 0.166. The van der Waals surface area contributed by atoms with Crippen LogP contribution in [0.4, 0.5) is 5.69 Å². The fourth-order valence-corrected chi connectivity index (χ4v) is 4.08. The minimum Gasteiger partial charge on any atom is -0.372 e. The van der Waals surface area contributed by atoms with Crippen molar-refractivity contribution in [3.05, 3.63) is 59.9 Å². The Balaban J connectivity index is 1.44. The van der Waals surface area contributed by atoms with Crippen LogP contribution in [0, 0.1) is 0 Å². The van der Waals surface area contributed by atoms with Gasteiger partial charge in [-0.25, -0.2) is 0 Å². The number of pyridine rings is 1. The van der Waals surface area contributed by atoms with Crippen molar-refractivity contribution < 1.29 is 4.79 Å². The largest absolute Gasteiger partial charge is 0.372 e. The van der Waals surface area contributed by atoms with E-state index in [1.54, 1.807) is 18.0 Å². The molecular formula is C21H27N3OS. The molecule has 138 valence electrons. The van der Waals surface area contributed by atoms with E-state index < -0.39 is 0 Å². The Morgan fingerprint density at radius 2 is 1.88 bits per heavy atom. The number of rotatable bonds is 7. The van der Waals surface area contributed by atoms with Crippen molar-refractivity contribution in [1.82, 2.24) is 9.88 Å². The molecule has 0 radical (unpaired) electrons. The van der Waals surface area contributed by atoms with Crippen LogP contribution < -0.4 is 4.90 Å². The maximum absolute atomic E-state index is 12.3. The second-order valence-corrected chi connectivity index (χ2v) is 7.80. The summed E-state index contributed by atoms with van der Waals surface area (Å²) < 4.78 is 0. The quantitative estimate of drug-likeness (QED) is 0.740. The van der Waals surface area contributed by atoms with Crippen LogP contribution in [0.5, 0.6) is 0 Å². The molecule has 0 unspecified atom stereocenters. The Hall–Kier alpha value is -2.01. The molecule has 26 heavy (non-hydrogen) atoms. The number of hydrogen-bond donors (Lipinski definition) is 0. The van der Waals surface area contributed by atoms with E-state index in [9.17, 15) is 4.79 Å². The van der Waals surface area contributed by atoms with Gasteiger partial charge in [0.25, 0.3) is 0 Å². The van der Waals surface area contributed by atoms with E-state index in [-0.39, 0.29) is 5.91 Å². The van der Waals surface area contributed by atoms with Crippen molar-refractivity contribution in [3.8, 4) is 0 Å². The molecule has 1 aliphatic rings. The molecule has 0 N–H and O–H groups in total. The van der Waals surface area contributed by atoms with Gasteiger partial charge in [0.05, 0.1) is 5.75 Å². The molecule has 0 aliphatic carbocycles. The average molecular weight is 370 g/mol. The molecule has 1 aromatic heterocycles. The number of thioether (sulfide) groups is 1. The van der Waals surface area contributed by atoms with E-state index in [1.807, 2.05) is 30.3 Å². The monoisotopic (exact) mass is 369 g/mol. The Labute approximate surface area is 160 Å². The Kier molecular flexibility index (Phi) is 6.95. The third-order valence-corrected chi connectivity index (χ3v) is 5.71. The molecular weight excluding hydrogens is 342 g/mol. The molecule has 1 amide bonds. The molecule has 0 bridgehead atoms. The number of piperidine rings is 1. The summed E-state index contributed by atoms with van der Waals surface area (Å²) in [6.45, 7) is 2.98. The van der Waals surface area contributed by atoms with Crippen molar-refractivity contribution in [1.29, 1.82) is 0 Å². The Morgan fingerprint density at radius 3 is 2.58 bits per heavy atom. The van der Waals surface area contributed by atoms with Crippen molar-refractivity contribution in [2.24, 2.45) is 0 Å². The first-order chi connectivity index (χ1) is 12.7. The maximum Gasteiger partial charge on any atom is 0.232 e. The number of amides is 1. The number of anilines is 1. The Bertz CT molecular complexity index is 684. The van der Waals surface area contributed by atoms with E-state index in [0.717, 1.165) is 24.4 Å². The lowest BCUT2D eigenvalue weighted by molar-refractivity contribution is -0.127. The summed E-state index contributed by atoms with van der Waals surface area (Å²) in [4.78, 5) is 20.7. The van der Waals surface area contributed by atoms with E-state index in [0.29, 0.717) is 12.3 Å². The SMILES string of the molecule is CN(Cc1ccc(N2CCCCC2)cc1)C(=O)CSCc1cccnc1. The van der Waals surface area contributed by atoms with Gasteiger partial charge in [0, 0.05) is 50.5 Å². The summed E-state index contributed by atoms with van der Waals surface area (Å²) in [7, 11) is 1.88. The number of aromatic nitrogens is 1. The highest BCUT2D eigenvalue weighted by Gasteiger charge is 2.12. The smallest absolute Gasteiger partial charge is 0.232 e. The van der Waals surface area contributed by atoms with Gasteiger partial charge in [-0.15, -0.1) is 11.8 Å². The third-order valence-electron chi connectivity index (χ3n) is 4.72. The van der Waals surface area contributed by atoms with Gasteiger partial charge in [0.1, 0.15) is 0 Å². The summed E-state index contributed by atoms with van der Waals surface area (Å²) in [5, 5.41) is 0. The standard InChI is InChI=1S/C21H27N3OS/c1-23(21(25)17-26-16-19-6-5-11-22-14-19)15-18-7-9-20(10-8-18)24-12-3-2-4-13-24/h5-11,14H,2-4,12-13,15-17H2,1H3. The minimum absolute atomic E-state index is 0.166. The van der Waals surface area contributed by atoms with Gasteiger partial charge in [-0.2, -0.15) is 0 Å². The van der Waals surface area contributed by atoms with Crippen LogP contribution in [-0.4, -0.2) is 41.7 Å². The van der Waals surface area contributed by atoms with E-state index in [4.69, 9.17) is 0 Å². The second-order valence-electron chi connectivity index (χ2n) is 6.82. The van der Waals surface area contributed by atoms with Gasteiger partial charge in [-0.3, -0.25) is 9.78 Å². The first-order valence-electron chi connectivity index (χ1n) is 9.27. The number of carbonyl (C=O) groups excluding carboxylic acids is 1.